The highest BCUT2D eigenvalue weighted by Gasteiger charge is 2.31. The Balaban J connectivity index is 0.949. The molecule has 2 aromatic heterocycles. The van der Waals surface area contributed by atoms with E-state index >= 15 is 0 Å². The third-order valence-electron chi connectivity index (χ3n) is 7.40. The van der Waals surface area contributed by atoms with E-state index in [4.69, 9.17) is 13.9 Å². The molecule has 0 aliphatic carbocycles. The molecule has 1 fully saturated rings. The molecule has 10 nitrogen and oxygen atoms in total. The van der Waals surface area contributed by atoms with Gasteiger partial charge in [-0.1, -0.05) is 6.08 Å². The quantitative estimate of drug-likeness (QED) is 0.195. The second kappa shape index (κ2) is 11.4. The molecule has 42 heavy (non-hydrogen) atoms. The number of anilines is 1. The normalized spacial score (nSPS) is 17.9. The minimum Gasteiger partial charge on any atom is -0.490 e. The van der Waals surface area contributed by atoms with E-state index in [2.05, 4.69) is 14.8 Å². The van der Waals surface area contributed by atoms with Crippen LogP contribution in [0.3, 0.4) is 0 Å². The third kappa shape index (κ3) is 6.20. The van der Waals surface area contributed by atoms with E-state index in [1.165, 1.54) is 12.3 Å². The second-order valence-corrected chi connectivity index (χ2v) is 10.3. The van der Waals surface area contributed by atoms with Crippen molar-refractivity contribution in [3.63, 3.8) is 0 Å². The molecular formula is C29H28F3N5O5. The Morgan fingerprint density at radius 1 is 1.07 bits per heavy atom. The lowest BCUT2D eigenvalue weighted by Crippen LogP contribution is -2.46. The summed E-state index contributed by atoms with van der Waals surface area (Å²) < 4.78 is 57.8. The largest absolute Gasteiger partial charge is 0.490 e. The minimum absolute atomic E-state index is 0.226. The van der Waals surface area contributed by atoms with Crippen molar-refractivity contribution in [2.24, 2.45) is 0 Å². The summed E-state index contributed by atoms with van der Waals surface area (Å²) in [6.45, 7) is 5.05. The van der Waals surface area contributed by atoms with Gasteiger partial charge in [-0.15, -0.1) is 0 Å². The number of aryl methyl sites for hydroxylation is 1. The van der Waals surface area contributed by atoms with E-state index in [1.807, 2.05) is 30.3 Å². The first kappa shape index (κ1) is 27.6. The van der Waals surface area contributed by atoms with Crippen molar-refractivity contribution in [2.45, 2.75) is 25.2 Å². The van der Waals surface area contributed by atoms with Gasteiger partial charge < -0.3 is 28.9 Å². The number of nitro groups is 1. The first-order valence-corrected chi connectivity index (χ1v) is 13.6. The predicted octanol–water partition coefficient (Wildman–Crippen LogP) is 5.62. The summed E-state index contributed by atoms with van der Waals surface area (Å²) in [5.41, 5.74) is 0.837. The molecule has 4 aromatic rings. The third-order valence-corrected chi connectivity index (χ3v) is 7.40. The maximum Gasteiger partial charge on any atom is 0.416 e. The molecule has 220 valence electrons. The molecule has 2 aliphatic rings. The summed E-state index contributed by atoms with van der Waals surface area (Å²) >= 11 is 0. The van der Waals surface area contributed by atoms with Gasteiger partial charge in [-0.3, -0.25) is 9.47 Å². The summed E-state index contributed by atoms with van der Waals surface area (Å²) in [7, 11) is 0. The summed E-state index contributed by atoms with van der Waals surface area (Å²) in [5.74, 6) is 1.01. The molecule has 2 aliphatic heterocycles. The zero-order chi connectivity index (χ0) is 29.3. The fraction of sp³-hybridized carbons (Fsp3) is 0.345. The Kier molecular flexibility index (Phi) is 7.50. The molecule has 2 aromatic carbocycles. The average molecular weight is 584 g/mol. The van der Waals surface area contributed by atoms with Gasteiger partial charge >= 0.3 is 18.0 Å². The van der Waals surface area contributed by atoms with Crippen LogP contribution in [0.1, 0.15) is 17.7 Å². The Hall–Kier alpha value is -4.52. The zero-order valence-electron chi connectivity index (χ0n) is 22.5. The summed E-state index contributed by atoms with van der Waals surface area (Å²) in [4.78, 5) is 18.9. The standard InChI is InChI=1S/C29H28F3N5O5/c30-29(31,32)21-3-8-26-20(16-21)17-24(41-26)2-1-10-34-12-14-35(15-13-34)22-4-6-23(7-5-22)40-19-25-9-11-36-18-27(37(38)39)33-28(36)42-25/h1-8,16-18,25H,9-15,19H2. The van der Waals surface area contributed by atoms with Gasteiger partial charge in [-0.05, 0) is 59.5 Å². The van der Waals surface area contributed by atoms with Crippen LogP contribution in [0.5, 0.6) is 11.8 Å². The molecule has 0 amide bonds. The molecular weight excluding hydrogens is 555 g/mol. The molecule has 0 spiro atoms. The Morgan fingerprint density at radius 3 is 2.60 bits per heavy atom. The molecule has 6 rings (SSSR count). The number of furan rings is 1. The molecule has 0 radical (unpaired) electrons. The monoisotopic (exact) mass is 583 g/mol. The van der Waals surface area contributed by atoms with Crippen LogP contribution in [0.4, 0.5) is 24.7 Å². The number of alkyl halides is 3. The number of rotatable bonds is 8. The molecule has 1 unspecified atom stereocenters. The fourth-order valence-electron chi connectivity index (χ4n) is 5.11. The number of piperazine rings is 1. The van der Waals surface area contributed by atoms with E-state index in [1.54, 1.807) is 16.7 Å². The van der Waals surface area contributed by atoms with Crippen LogP contribution in [0.2, 0.25) is 0 Å². The molecule has 0 saturated carbocycles. The zero-order valence-corrected chi connectivity index (χ0v) is 22.5. The van der Waals surface area contributed by atoms with Crippen molar-refractivity contribution in [1.29, 1.82) is 0 Å². The number of benzene rings is 2. The van der Waals surface area contributed by atoms with E-state index < -0.39 is 16.7 Å². The SMILES string of the molecule is O=[N+]([O-])c1cn2c(n1)OC(COc1ccc(N3CCN(CC=Cc4cc5cc(C(F)(F)F)ccc5o4)CC3)cc1)CC2. The van der Waals surface area contributed by atoms with Crippen molar-refractivity contribution in [3.8, 4) is 11.8 Å². The summed E-state index contributed by atoms with van der Waals surface area (Å²) in [6, 6.07) is 13.2. The van der Waals surface area contributed by atoms with Gasteiger partial charge in [0.2, 0.25) is 0 Å². The number of fused-ring (bicyclic) bond motifs is 2. The van der Waals surface area contributed by atoms with Crippen LogP contribution >= 0.6 is 0 Å². The first-order valence-electron chi connectivity index (χ1n) is 13.6. The lowest BCUT2D eigenvalue weighted by atomic mass is 10.1. The number of ether oxygens (including phenoxy) is 2. The van der Waals surface area contributed by atoms with Crippen LogP contribution < -0.4 is 14.4 Å². The predicted molar refractivity (Wildman–Crippen MR) is 149 cm³/mol. The second-order valence-electron chi connectivity index (χ2n) is 10.3. The highest BCUT2D eigenvalue weighted by Crippen LogP contribution is 2.32. The number of imidazole rings is 1. The highest BCUT2D eigenvalue weighted by molar-refractivity contribution is 5.80. The topological polar surface area (TPSA) is 99.0 Å². The van der Waals surface area contributed by atoms with Gasteiger partial charge in [-0.2, -0.15) is 13.2 Å². The van der Waals surface area contributed by atoms with Crippen molar-refractivity contribution < 1.29 is 32.0 Å². The van der Waals surface area contributed by atoms with Gasteiger partial charge in [0.25, 0.3) is 0 Å². The summed E-state index contributed by atoms with van der Waals surface area (Å²) in [5, 5.41) is 11.4. The van der Waals surface area contributed by atoms with Crippen LogP contribution in [-0.4, -0.2) is 64.8 Å². The lowest BCUT2D eigenvalue weighted by Gasteiger charge is -2.35. The summed E-state index contributed by atoms with van der Waals surface area (Å²) in [6.07, 6.45) is 1.19. The molecule has 4 heterocycles. The fourth-order valence-corrected chi connectivity index (χ4v) is 5.11. The van der Waals surface area contributed by atoms with Gasteiger partial charge in [0.05, 0.1) is 5.56 Å². The van der Waals surface area contributed by atoms with Crippen LogP contribution in [0.25, 0.3) is 17.0 Å². The van der Waals surface area contributed by atoms with Crippen LogP contribution in [-0.2, 0) is 12.7 Å². The Morgan fingerprint density at radius 2 is 1.86 bits per heavy atom. The Bertz CT molecular complexity index is 1590. The van der Waals surface area contributed by atoms with E-state index in [0.29, 0.717) is 48.6 Å². The van der Waals surface area contributed by atoms with Crippen molar-refractivity contribution in [1.82, 2.24) is 14.5 Å². The van der Waals surface area contributed by atoms with E-state index in [9.17, 15) is 23.3 Å². The molecule has 1 atom stereocenters. The maximum absolute atomic E-state index is 13.0. The highest BCUT2D eigenvalue weighted by atomic mass is 19.4. The van der Waals surface area contributed by atoms with Gasteiger partial charge in [-0.25, -0.2) is 0 Å². The van der Waals surface area contributed by atoms with Crippen molar-refractivity contribution in [2.75, 3.05) is 44.2 Å². The smallest absolute Gasteiger partial charge is 0.416 e. The number of aromatic nitrogens is 2. The molecule has 0 bridgehead atoms. The van der Waals surface area contributed by atoms with Gasteiger partial charge in [0, 0.05) is 61.7 Å². The average Bonchev–Trinajstić information content (AvgIpc) is 3.60. The van der Waals surface area contributed by atoms with Gasteiger partial charge in [0.15, 0.2) is 0 Å². The lowest BCUT2D eigenvalue weighted by molar-refractivity contribution is -0.389. The molecule has 0 N–H and O–H groups in total. The minimum atomic E-state index is -4.38. The Labute approximate surface area is 238 Å². The van der Waals surface area contributed by atoms with Crippen LogP contribution in [0.15, 0.2) is 65.2 Å². The van der Waals surface area contributed by atoms with E-state index in [-0.39, 0.29) is 17.9 Å². The number of nitrogens with zero attached hydrogens (tertiary/aromatic N) is 5. The van der Waals surface area contributed by atoms with E-state index in [0.717, 1.165) is 44.0 Å². The number of hydrogen-bond donors (Lipinski definition) is 0. The molecule has 1 saturated heterocycles. The first-order chi connectivity index (χ1) is 20.2. The van der Waals surface area contributed by atoms with Gasteiger partial charge in [0.1, 0.15) is 36.0 Å². The maximum atomic E-state index is 13.0. The number of hydrogen-bond acceptors (Lipinski definition) is 8. The number of halogens is 3. The van der Waals surface area contributed by atoms with Crippen LogP contribution in [0, 0.1) is 10.1 Å². The van der Waals surface area contributed by atoms with Crippen molar-refractivity contribution in [3.05, 3.63) is 82.2 Å². The molecule has 13 heteroatoms. The van der Waals surface area contributed by atoms with Crippen molar-refractivity contribution >= 4 is 28.6 Å².